The highest BCUT2D eigenvalue weighted by Gasteiger charge is 2.27. The zero-order chi connectivity index (χ0) is 13.2. The van der Waals surface area contributed by atoms with Crippen molar-refractivity contribution in [2.45, 2.75) is 6.04 Å². The number of carbonyl (C=O) groups is 1. The quantitative estimate of drug-likeness (QED) is 0.840. The lowest BCUT2D eigenvalue weighted by Gasteiger charge is -2.31. The zero-order valence-electron chi connectivity index (χ0n) is 10.3. The Kier molecular flexibility index (Phi) is 2.94. The number of rotatable bonds is 1. The van der Waals surface area contributed by atoms with Crippen molar-refractivity contribution in [3.63, 3.8) is 0 Å². The van der Waals surface area contributed by atoms with Gasteiger partial charge < -0.3 is 14.6 Å². The van der Waals surface area contributed by atoms with Crippen molar-refractivity contribution >= 4 is 16.8 Å². The first kappa shape index (κ1) is 11.8. The second kappa shape index (κ2) is 4.75. The molecular formula is C14H13N3O2. The molecule has 5 heteroatoms. The van der Waals surface area contributed by atoms with Gasteiger partial charge in [-0.25, -0.2) is 0 Å². The minimum absolute atomic E-state index is 0.113. The lowest BCUT2D eigenvalue weighted by Crippen LogP contribution is -2.47. The molecule has 1 fully saturated rings. The Bertz CT molecular complexity index is 656. The van der Waals surface area contributed by atoms with Crippen LogP contribution in [0.2, 0.25) is 0 Å². The Hall–Kier alpha value is -2.32. The van der Waals surface area contributed by atoms with Gasteiger partial charge in [-0.05, 0) is 24.3 Å². The van der Waals surface area contributed by atoms with Crippen LogP contribution in [-0.4, -0.2) is 41.6 Å². The largest absolute Gasteiger partial charge is 0.376 e. The van der Waals surface area contributed by atoms with Crippen LogP contribution in [0.25, 0.3) is 10.9 Å². The van der Waals surface area contributed by atoms with E-state index < -0.39 is 6.04 Å². The van der Waals surface area contributed by atoms with Gasteiger partial charge in [-0.15, -0.1) is 0 Å². The number of carbonyl (C=O) groups excluding carboxylic acids is 1. The van der Waals surface area contributed by atoms with Gasteiger partial charge in [0.1, 0.15) is 6.04 Å². The van der Waals surface area contributed by atoms with E-state index in [0.29, 0.717) is 18.7 Å². The van der Waals surface area contributed by atoms with Crippen LogP contribution in [0.15, 0.2) is 30.5 Å². The highest BCUT2D eigenvalue weighted by atomic mass is 16.5. The van der Waals surface area contributed by atoms with Gasteiger partial charge in [0, 0.05) is 29.2 Å². The van der Waals surface area contributed by atoms with E-state index in [9.17, 15) is 4.79 Å². The van der Waals surface area contributed by atoms with Crippen LogP contribution in [0, 0.1) is 11.3 Å². The predicted octanol–water partition coefficient (Wildman–Crippen LogP) is 1.53. The van der Waals surface area contributed by atoms with Crippen LogP contribution >= 0.6 is 0 Å². The lowest BCUT2D eigenvalue weighted by atomic mass is 10.1. The summed E-state index contributed by atoms with van der Waals surface area (Å²) < 4.78 is 5.23. The van der Waals surface area contributed by atoms with Crippen molar-refractivity contribution in [1.82, 2.24) is 9.88 Å². The molecule has 1 aliphatic heterocycles. The number of H-pyrrole nitrogens is 1. The number of aromatic nitrogens is 1. The summed E-state index contributed by atoms with van der Waals surface area (Å²) in [4.78, 5) is 17.1. The molecule has 5 nitrogen and oxygen atoms in total. The van der Waals surface area contributed by atoms with Crippen LogP contribution in [0.1, 0.15) is 10.4 Å². The van der Waals surface area contributed by atoms with Gasteiger partial charge in [0.15, 0.2) is 0 Å². The summed E-state index contributed by atoms with van der Waals surface area (Å²) in [6.45, 7) is 1.23. The first-order valence-corrected chi connectivity index (χ1v) is 6.15. The first-order chi connectivity index (χ1) is 9.29. The topological polar surface area (TPSA) is 69.1 Å². The zero-order valence-corrected chi connectivity index (χ0v) is 10.3. The van der Waals surface area contributed by atoms with Gasteiger partial charge in [0.2, 0.25) is 0 Å². The molecule has 2 aromatic rings. The fourth-order valence-corrected chi connectivity index (χ4v) is 2.31. The van der Waals surface area contributed by atoms with Gasteiger partial charge in [-0.3, -0.25) is 4.79 Å². The molecule has 0 aliphatic carbocycles. The van der Waals surface area contributed by atoms with Crippen LogP contribution in [-0.2, 0) is 4.74 Å². The summed E-state index contributed by atoms with van der Waals surface area (Å²) >= 11 is 0. The molecule has 0 saturated carbocycles. The maximum atomic E-state index is 12.4. The van der Waals surface area contributed by atoms with Crippen molar-refractivity contribution in [1.29, 1.82) is 5.26 Å². The van der Waals surface area contributed by atoms with Crippen molar-refractivity contribution in [3.05, 3.63) is 36.0 Å². The maximum Gasteiger partial charge on any atom is 0.255 e. The van der Waals surface area contributed by atoms with Gasteiger partial charge in [0.25, 0.3) is 5.91 Å². The minimum atomic E-state index is -0.497. The van der Waals surface area contributed by atoms with E-state index in [1.165, 1.54) is 0 Å². The Morgan fingerprint density at radius 1 is 1.47 bits per heavy atom. The lowest BCUT2D eigenvalue weighted by molar-refractivity contribution is 0.0132. The van der Waals surface area contributed by atoms with Gasteiger partial charge in [-0.1, -0.05) is 0 Å². The number of amides is 1. The van der Waals surface area contributed by atoms with E-state index in [4.69, 9.17) is 10.00 Å². The number of ether oxygens (including phenoxy) is 1. The fourth-order valence-electron chi connectivity index (χ4n) is 2.31. The molecule has 2 heterocycles. The van der Waals surface area contributed by atoms with E-state index in [1.54, 1.807) is 11.0 Å². The third kappa shape index (κ3) is 2.07. The summed E-state index contributed by atoms with van der Waals surface area (Å²) in [5, 5.41) is 10.1. The van der Waals surface area contributed by atoms with Gasteiger partial charge in [-0.2, -0.15) is 5.26 Å². The van der Waals surface area contributed by atoms with Crippen LogP contribution in [0.4, 0.5) is 0 Å². The number of fused-ring (bicyclic) bond motifs is 1. The summed E-state index contributed by atoms with van der Waals surface area (Å²) in [7, 11) is 0. The van der Waals surface area contributed by atoms with E-state index in [1.807, 2.05) is 24.4 Å². The number of nitrogens with one attached hydrogen (secondary N) is 1. The van der Waals surface area contributed by atoms with Crippen LogP contribution in [0.3, 0.4) is 0 Å². The average Bonchev–Trinajstić information content (AvgIpc) is 2.93. The van der Waals surface area contributed by atoms with E-state index >= 15 is 0 Å². The van der Waals surface area contributed by atoms with Crippen molar-refractivity contribution in [2.75, 3.05) is 19.8 Å². The molecule has 96 valence electrons. The third-order valence-corrected chi connectivity index (χ3v) is 3.34. The molecule has 0 spiro atoms. The van der Waals surface area contributed by atoms with Crippen molar-refractivity contribution in [3.8, 4) is 6.07 Å². The minimum Gasteiger partial charge on any atom is -0.376 e. The summed E-state index contributed by atoms with van der Waals surface area (Å²) in [6, 6.07) is 9.04. The summed E-state index contributed by atoms with van der Waals surface area (Å²) in [5.74, 6) is -0.113. The molecule has 0 unspecified atom stereocenters. The third-order valence-electron chi connectivity index (χ3n) is 3.34. The normalized spacial score (nSPS) is 19.3. The average molecular weight is 255 g/mol. The molecule has 1 aliphatic rings. The molecule has 1 N–H and O–H groups in total. The smallest absolute Gasteiger partial charge is 0.255 e. The molecule has 3 rings (SSSR count). The van der Waals surface area contributed by atoms with Gasteiger partial charge >= 0.3 is 0 Å². The second-order valence-electron chi connectivity index (χ2n) is 4.50. The van der Waals surface area contributed by atoms with E-state index in [-0.39, 0.29) is 12.5 Å². The maximum absolute atomic E-state index is 12.4. The molecule has 1 amide bonds. The van der Waals surface area contributed by atoms with Crippen LogP contribution < -0.4 is 0 Å². The van der Waals surface area contributed by atoms with Crippen LogP contribution in [0.5, 0.6) is 0 Å². The molecular weight excluding hydrogens is 242 g/mol. The predicted molar refractivity (Wildman–Crippen MR) is 69.6 cm³/mol. The number of hydrogen-bond donors (Lipinski definition) is 1. The SMILES string of the molecule is N#C[C@H]1COCCN1C(=O)c1ccc2[nH]ccc2c1. The summed E-state index contributed by atoms with van der Waals surface area (Å²) in [5.41, 5.74) is 1.60. The molecule has 1 aromatic carbocycles. The molecule has 0 radical (unpaired) electrons. The number of hydrogen-bond acceptors (Lipinski definition) is 3. The molecule has 19 heavy (non-hydrogen) atoms. The van der Waals surface area contributed by atoms with Gasteiger partial charge in [0.05, 0.1) is 19.3 Å². The highest BCUT2D eigenvalue weighted by molar-refractivity contribution is 5.98. The monoisotopic (exact) mass is 255 g/mol. The Morgan fingerprint density at radius 3 is 3.21 bits per heavy atom. The van der Waals surface area contributed by atoms with E-state index in [2.05, 4.69) is 11.1 Å². The Labute approximate surface area is 110 Å². The van der Waals surface area contributed by atoms with Crippen molar-refractivity contribution in [2.24, 2.45) is 0 Å². The molecule has 1 saturated heterocycles. The molecule has 1 aromatic heterocycles. The number of benzene rings is 1. The van der Waals surface area contributed by atoms with Crippen molar-refractivity contribution < 1.29 is 9.53 Å². The first-order valence-electron chi connectivity index (χ1n) is 6.15. The molecule has 1 atom stereocenters. The highest BCUT2D eigenvalue weighted by Crippen LogP contribution is 2.17. The Morgan fingerprint density at radius 2 is 2.37 bits per heavy atom. The molecule has 0 bridgehead atoms. The second-order valence-corrected chi connectivity index (χ2v) is 4.50. The summed E-state index contributed by atoms with van der Waals surface area (Å²) in [6.07, 6.45) is 1.84. The van der Waals surface area contributed by atoms with E-state index in [0.717, 1.165) is 10.9 Å². The Balaban J connectivity index is 1.91. The standard InChI is InChI=1S/C14H13N3O2/c15-8-12-9-19-6-5-17(12)14(18)11-1-2-13-10(7-11)3-4-16-13/h1-4,7,12,16H,5-6,9H2/t12-/m0/s1. The number of nitriles is 1. The number of aromatic amines is 1. The fraction of sp³-hybridized carbons (Fsp3) is 0.286. The number of nitrogens with zero attached hydrogens (tertiary/aromatic N) is 2. The number of morpholine rings is 1.